The number of aliphatic carboxylic acids is 1. The van der Waals surface area contributed by atoms with Crippen LogP contribution in [0.25, 0.3) is 0 Å². The molecule has 0 saturated carbocycles. The van der Waals surface area contributed by atoms with Gasteiger partial charge in [-0.1, -0.05) is 23.7 Å². The molecule has 0 radical (unpaired) electrons. The second-order valence-corrected chi connectivity index (χ2v) is 5.50. The van der Waals surface area contributed by atoms with Gasteiger partial charge in [0, 0.05) is 18.3 Å². The number of aryl methyl sites for hydroxylation is 1. The highest BCUT2D eigenvalue weighted by atomic mass is 35.5. The van der Waals surface area contributed by atoms with Gasteiger partial charge in [0.05, 0.1) is 10.6 Å². The number of carbonyl (C=O) groups excluding carboxylic acids is 1. The number of rotatable bonds is 5. The van der Waals surface area contributed by atoms with E-state index in [1.165, 1.54) is 0 Å². The molecule has 2 rings (SSSR count). The lowest BCUT2D eigenvalue weighted by Crippen LogP contribution is -2.15. The van der Waals surface area contributed by atoms with Gasteiger partial charge in [-0.25, -0.2) is 0 Å². The van der Waals surface area contributed by atoms with Crippen molar-refractivity contribution in [3.8, 4) is 0 Å². The molecule has 1 heterocycles. The van der Waals surface area contributed by atoms with Gasteiger partial charge in [-0.2, -0.15) is 13.2 Å². The molecule has 0 atom stereocenters. The highest BCUT2D eigenvalue weighted by Gasteiger charge is 2.33. The Morgan fingerprint density at radius 2 is 1.84 bits per heavy atom. The molecule has 0 aliphatic carbocycles. The number of nitrogens with zero attached hydrogens (tertiary/aromatic N) is 1. The summed E-state index contributed by atoms with van der Waals surface area (Å²) < 4.78 is 37.6. The van der Waals surface area contributed by atoms with Crippen molar-refractivity contribution in [1.29, 1.82) is 0 Å². The second-order valence-electron chi connectivity index (χ2n) is 5.09. The molecule has 2 aromatic rings. The normalized spacial score (nSPS) is 11.2. The van der Waals surface area contributed by atoms with E-state index < -0.39 is 23.7 Å². The SMILES string of the molecule is O=C(O)CCc1ccc(NC(=O)c2cnc(C(F)(F)F)cc2Cl)cc1. The van der Waals surface area contributed by atoms with E-state index in [4.69, 9.17) is 16.7 Å². The Labute approximate surface area is 145 Å². The van der Waals surface area contributed by atoms with Crippen LogP contribution in [0.15, 0.2) is 36.5 Å². The van der Waals surface area contributed by atoms with Gasteiger partial charge >= 0.3 is 12.1 Å². The van der Waals surface area contributed by atoms with Crippen LogP contribution in [0, 0.1) is 0 Å². The lowest BCUT2D eigenvalue weighted by molar-refractivity contribution is -0.141. The van der Waals surface area contributed by atoms with Crippen LogP contribution in [-0.2, 0) is 17.4 Å². The van der Waals surface area contributed by atoms with Gasteiger partial charge in [-0.15, -0.1) is 0 Å². The first-order valence-electron chi connectivity index (χ1n) is 7.01. The molecule has 0 aliphatic rings. The molecule has 132 valence electrons. The number of anilines is 1. The third-order valence-electron chi connectivity index (χ3n) is 3.23. The summed E-state index contributed by atoms with van der Waals surface area (Å²) in [6, 6.07) is 6.99. The number of alkyl halides is 3. The number of aromatic nitrogens is 1. The number of benzene rings is 1. The molecule has 1 aromatic heterocycles. The molecule has 0 saturated heterocycles. The number of halogens is 4. The standard InChI is InChI=1S/C16H12ClF3N2O3/c17-12-7-13(16(18,19)20)21-8-11(12)15(25)22-10-4-1-9(2-5-10)3-6-14(23)24/h1-2,4-5,7-8H,3,6H2,(H,22,25)(H,23,24). The molecule has 25 heavy (non-hydrogen) atoms. The number of nitrogens with one attached hydrogen (secondary N) is 1. The summed E-state index contributed by atoms with van der Waals surface area (Å²) in [5.74, 6) is -1.62. The first-order valence-corrected chi connectivity index (χ1v) is 7.39. The Bertz CT molecular complexity index is 792. The predicted molar refractivity (Wildman–Crippen MR) is 84.6 cm³/mol. The van der Waals surface area contributed by atoms with Gasteiger partial charge in [0.25, 0.3) is 5.91 Å². The molecule has 1 aromatic carbocycles. The number of carboxylic acid groups (broad SMARTS) is 1. The Morgan fingerprint density at radius 3 is 2.36 bits per heavy atom. The maximum absolute atomic E-state index is 12.5. The zero-order chi connectivity index (χ0) is 18.6. The molecule has 2 N–H and O–H groups in total. The number of carbonyl (C=O) groups is 2. The van der Waals surface area contributed by atoms with Crippen LogP contribution in [0.1, 0.15) is 28.0 Å². The zero-order valence-corrected chi connectivity index (χ0v) is 13.4. The fraction of sp³-hybridized carbons (Fsp3) is 0.188. The molecule has 1 amide bonds. The minimum Gasteiger partial charge on any atom is -0.481 e. The van der Waals surface area contributed by atoms with Crippen molar-refractivity contribution in [3.63, 3.8) is 0 Å². The monoisotopic (exact) mass is 372 g/mol. The number of hydrogen-bond acceptors (Lipinski definition) is 3. The third-order valence-corrected chi connectivity index (χ3v) is 3.54. The number of amides is 1. The lowest BCUT2D eigenvalue weighted by Gasteiger charge is -2.10. The maximum Gasteiger partial charge on any atom is 0.433 e. The first-order chi connectivity index (χ1) is 11.7. The Hall–Kier alpha value is -2.61. The summed E-state index contributed by atoms with van der Waals surface area (Å²) in [7, 11) is 0. The van der Waals surface area contributed by atoms with Crippen LogP contribution >= 0.6 is 11.6 Å². The summed E-state index contributed by atoms with van der Waals surface area (Å²) >= 11 is 5.74. The number of hydrogen-bond donors (Lipinski definition) is 2. The Kier molecular flexibility index (Phi) is 5.63. The van der Waals surface area contributed by atoms with Crippen LogP contribution < -0.4 is 5.32 Å². The smallest absolute Gasteiger partial charge is 0.433 e. The van der Waals surface area contributed by atoms with Crippen LogP contribution in [-0.4, -0.2) is 22.0 Å². The molecule has 5 nitrogen and oxygen atoms in total. The van der Waals surface area contributed by atoms with E-state index in [0.717, 1.165) is 11.8 Å². The molecule has 0 spiro atoms. The van der Waals surface area contributed by atoms with Gasteiger partial charge < -0.3 is 10.4 Å². The fourth-order valence-corrected chi connectivity index (χ4v) is 2.20. The maximum atomic E-state index is 12.5. The van der Waals surface area contributed by atoms with Crippen molar-refractivity contribution in [2.24, 2.45) is 0 Å². The Balaban J connectivity index is 2.08. The summed E-state index contributed by atoms with van der Waals surface area (Å²) in [6.07, 6.45) is -3.55. The summed E-state index contributed by atoms with van der Waals surface area (Å²) in [5.41, 5.74) is -0.212. The average Bonchev–Trinajstić information content (AvgIpc) is 2.53. The van der Waals surface area contributed by atoms with E-state index in [1.807, 2.05) is 0 Å². The molecule has 0 aliphatic heterocycles. The summed E-state index contributed by atoms with van der Waals surface area (Å²) in [6.45, 7) is 0. The fourth-order valence-electron chi connectivity index (χ4n) is 1.96. The minimum atomic E-state index is -4.65. The number of carboxylic acids is 1. The molecular weight excluding hydrogens is 361 g/mol. The van der Waals surface area contributed by atoms with Crippen LogP contribution in [0.5, 0.6) is 0 Å². The molecule has 9 heteroatoms. The second kappa shape index (κ2) is 7.52. The van der Waals surface area contributed by atoms with Gasteiger partial charge in [0.1, 0.15) is 5.69 Å². The third kappa shape index (κ3) is 5.18. The number of pyridine rings is 1. The van der Waals surface area contributed by atoms with Gasteiger partial charge in [0.2, 0.25) is 0 Å². The van der Waals surface area contributed by atoms with E-state index in [2.05, 4.69) is 10.3 Å². The van der Waals surface area contributed by atoms with Crippen molar-refractivity contribution >= 4 is 29.2 Å². The van der Waals surface area contributed by atoms with Crippen molar-refractivity contribution in [3.05, 3.63) is 58.4 Å². The van der Waals surface area contributed by atoms with Crippen LogP contribution in [0.2, 0.25) is 5.02 Å². The van der Waals surface area contributed by atoms with E-state index >= 15 is 0 Å². The van der Waals surface area contributed by atoms with Gasteiger partial charge in [-0.3, -0.25) is 14.6 Å². The quantitative estimate of drug-likeness (QED) is 0.830. The first kappa shape index (κ1) is 18.7. The molecular formula is C16H12ClF3N2O3. The molecule has 0 unspecified atom stereocenters. The van der Waals surface area contributed by atoms with E-state index in [1.54, 1.807) is 24.3 Å². The summed E-state index contributed by atoms with van der Waals surface area (Å²) in [4.78, 5) is 25.8. The van der Waals surface area contributed by atoms with E-state index in [9.17, 15) is 22.8 Å². The van der Waals surface area contributed by atoms with Crippen molar-refractivity contribution in [2.75, 3.05) is 5.32 Å². The highest BCUT2D eigenvalue weighted by Crippen LogP contribution is 2.30. The predicted octanol–water partition coefficient (Wildman–Crippen LogP) is 4.02. The van der Waals surface area contributed by atoms with Gasteiger partial charge in [-0.05, 0) is 30.2 Å². The molecule has 0 bridgehead atoms. The average molecular weight is 373 g/mol. The summed E-state index contributed by atoms with van der Waals surface area (Å²) in [5, 5.41) is 10.7. The van der Waals surface area contributed by atoms with E-state index in [-0.39, 0.29) is 17.0 Å². The zero-order valence-electron chi connectivity index (χ0n) is 12.6. The van der Waals surface area contributed by atoms with E-state index in [0.29, 0.717) is 18.2 Å². The van der Waals surface area contributed by atoms with Gasteiger partial charge in [0.15, 0.2) is 0 Å². The lowest BCUT2D eigenvalue weighted by atomic mass is 10.1. The minimum absolute atomic E-state index is 0.0153. The van der Waals surface area contributed by atoms with Crippen molar-refractivity contribution in [2.45, 2.75) is 19.0 Å². The van der Waals surface area contributed by atoms with Crippen molar-refractivity contribution in [1.82, 2.24) is 4.98 Å². The Morgan fingerprint density at radius 1 is 1.20 bits per heavy atom. The van der Waals surface area contributed by atoms with Crippen molar-refractivity contribution < 1.29 is 27.9 Å². The molecule has 0 fully saturated rings. The topological polar surface area (TPSA) is 79.3 Å². The van der Waals surface area contributed by atoms with Crippen LogP contribution in [0.4, 0.5) is 18.9 Å². The van der Waals surface area contributed by atoms with Crippen LogP contribution in [0.3, 0.4) is 0 Å². The largest absolute Gasteiger partial charge is 0.481 e. The highest BCUT2D eigenvalue weighted by molar-refractivity contribution is 6.34.